The Kier molecular flexibility index (Phi) is 4.11. The van der Waals surface area contributed by atoms with Gasteiger partial charge in [-0.2, -0.15) is 5.26 Å². The van der Waals surface area contributed by atoms with Crippen LogP contribution in [0.3, 0.4) is 0 Å². The van der Waals surface area contributed by atoms with Gasteiger partial charge in [-0.25, -0.2) is 17.2 Å². The van der Waals surface area contributed by atoms with Gasteiger partial charge >= 0.3 is 0 Å². The SMILES string of the molecule is N#Cc1ccc(S(=O)(=O)Nc2c(F)cccc2F)c(Cl)c1. The molecule has 2 rings (SSSR count). The summed E-state index contributed by atoms with van der Waals surface area (Å²) in [5.74, 6) is -2.10. The van der Waals surface area contributed by atoms with Crippen LogP contribution in [0.4, 0.5) is 14.5 Å². The average Bonchev–Trinajstić information content (AvgIpc) is 2.42. The Hall–Kier alpha value is -2.17. The Morgan fingerprint density at radius 3 is 2.29 bits per heavy atom. The van der Waals surface area contributed by atoms with E-state index in [4.69, 9.17) is 16.9 Å². The Labute approximate surface area is 124 Å². The van der Waals surface area contributed by atoms with E-state index in [-0.39, 0.29) is 15.5 Å². The molecule has 0 aromatic heterocycles. The molecule has 2 aromatic rings. The maximum atomic E-state index is 13.5. The number of halogens is 3. The topological polar surface area (TPSA) is 70.0 Å². The smallest absolute Gasteiger partial charge is 0.263 e. The molecule has 0 aliphatic heterocycles. The van der Waals surface area contributed by atoms with Gasteiger partial charge in [0.2, 0.25) is 0 Å². The van der Waals surface area contributed by atoms with Crippen LogP contribution in [0.2, 0.25) is 5.02 Å². The number of hydrogen-bond donors (Lipinski definition) is 1. The van der Waals surface area contributed by atoms with E-state index in [9.17, 15) is 17.2 Å². The molecule has 0 aliphatic rings. The van der Waals surface area contributed by atoms with Gasteiger partial charge in [-0.15, -0.1) is 0 Å². The van der Waals surface area contributed by atoms with Crippen molar-refractivity contribution >= 4 is 27.3 Å². The van der Waals surface area contributed by atoms with E-state index in [1.54, 1.807) is 10.8 Å². The maximum Gasteiger partial charge on any atom is 0.263 e. The summed E-state index contributed by atoms with van der Waals surface area (Å²) in [5.41, 5.74) is -0.631. The van der Waals surface area contributed by atoms with Crippen LogP contribution in [0, 0.1) is 23.0 Å². The van der Waals surface area contributed by atoms with E-state index in [0.29, 0.717) is 0 Å². The first-order valence-corrected chi connectivity index (χ1v) is 7.38. The van der Waals surface area contributed by atoms with Crippen LogP contribution < -0.4 is 4.72 Å². The van der Waals surface area contributed by atoms with E-state index in [1.165, 1.54) is 6.07 Å². The quantitative estimate of drug-likeness (QED) is 0.939. The molecule has 0 fully saturated rings. The summed E-state index contributed by atoms with van der Waals surface area (Å²) >= 11 is 5.78. The number of nitrogens with zero attached hydrogens (tertiary/aromatic N) is 1. The van der Waals surface area contributed by atoms with Gasteiger partial charge in [0.15, 0.2) is 0 Å². The van der Waals surface area contributed by atoms with Crippen LogP contribution >= 0.6 is 11.6 Å². The van der Waals surface area contributed by atoms with E-state index >= 15 is 0 Å². The van der Waals surface area contributed by atoms with Gasteiger partial charge in [0.1, 0.15) is 22.2 Å². The van der Waals surface area contributed by atoms with Crippen molar-refractivity contribution in [3.05, 3.63) is 58.6 Å². The van der Waals surface area contributed by atoms with Gasteiger partial charge in [-0.3, -0.25) is 4.72 Å². The lowest BCUT2D eigenvalue weighted by atomic mass is 10.2. The van der Waals surface area contributed by atoms with Gasteiger partial charge in [-0.05, 0) is 30.3 Å². The fraction of sp³-hybridized carbons (Fsp3) is 0. The number of rotatable bonds is 3. The molecule has 2 aromatic carbocycles. The van der Waals surface area contributed by atoms with E-state index in [0.717, 1.165) is 30.3 Å². The molecule has 0 spiro atoms. The second-order valence-corrected chi connectivity index (χ2v) is 6.02. The minimum Gasteiger partial charge on any atom is -0.274 e. The Morgan fingerprint density at radius 1 is 1.14 bits per heavy atom. The van der Waals surface area contributed by atoms with Crippen molar-refractivity contribution in [2.24, 2.45) is 0 Å². The molecule has 0 unspecified atom stereocenters. The van der Waals surface area contributed by atoms with Crippen LogP contribution in [-0.4, -0.2) is 8.42 Å². The third kappa shape index (κ3) is 3.12. The molecule has 1 N–H and O–H groups in total. The molecule has 108 valence electrons. The average molecular weight is 329 g/mol. The van der Waals surface area contributed by atoms with Crippen molar-refractivity contribution in [3.8, 4) is 6.07 Å². The highest BCUT2D eigenvalue weighted by Gasteiger charge is 2.21. The van der Waals surface area contributed by atoms with Gasteiger partial charge in [0, 0.05) is 0 Å². The van der Waals surface area contributed by atoms with Crippen LogP contribution in [0.25, 0.3) is 0 Å². The molecule has 0 saturated carbocycles. The third-order valence-corrected chi connectivity index (χ3v) is 4.38. The van der Waals surface area contributed by atoms with Crippen molar-refractivity contribution in [2.45, 2.75) is 4.90 Å². The van der Waals surface area contributed by atoms with E-state index in [1.807, 2.05) is 0 Å². The van der Waals surface area contributed by atoms with Crippen LogP contribution in [0.5, 0.6) is 0 Å². The van der Waals surface area contributed by atoms with Gasteiger partial charge in [0.25, 0.3) is 10.0 Å². The summed E-state index contributed by atoms with van der Waals surface area (Å²) in [4.78, 5) is -0.384. The molecule has 0 radical (unpaired) electrons. The minimum atomic E-state index is -4.29. The first kappa shape index (κ1) is 15.2. The zero-order valence-electron chi connectivity index (χ0n) is 10.3. The highest BCUT2D eigenvalue weighted by Crippen LogP contribution is 2.27. The molecule has 21 heavy (non-hydrogen) atoms. The molecule has 0 amide bonds. The number of sulfonamides is 1. The zero-order valence-corrected chi connectivity index (χ0v) is 11.8. The van der Waals surface area contributed by atoms with E-state index < -0.39 is 27.3 Å². The molecule has 0 atom stereocenters. The monoisotopic (exact) mass is 328 g/mol. The van der Waals surface area contributed by atoms with Crippen LogP contribution in [0.1, 0.15) is 5.56 Å². The van der Waals surface area contributed by atoms with Crippen molar-refractivity contribution in [1.29, 1.82) is 5.26 Å². The fourth-order valence-corrected chi connectivity index (χ4v) is 3.19. The third-order valence-electron chi connectivity index (χ3n) is 2.55. The van der Waals surface area contributed by atoms with Crippen molar-refractivity contribution in [1.82, 2.24) is 0 Å². The lowest BCUT2D eigenvalue weighted by Crippen LogP contribution is -2.15. The maximum absolute atomic E-state index is 13.5. The summed E-state index contributed by atoms with van der Waals surface area (Å²) in [6.45, 7) is 0. The van der Waals surface area contributed by atoms with Crippen LogP contribution in [-0.2, 0) is 10.0 Å². The highest BCUT2D eigenvalue weighted by atomic mass is 35.5. The predicted molar refractivity (Wildman–Crippen MR) is 73.3 cm³/mol. The molecule has 0 saturated heterocycles. The van der Waals surface area contributed by atoms with Crippen molar-refractivity contribution in [2.75, 3.05) is 4.72 Å². The number of anilines is 1. The number of nitriles is 1. The second-order valence-electron chi connectivity index (χ2n) is 3.96. The second kappa shape index (κ2) is 5.68. The number of hydrogen-bond acceptors (Lipinski definition) is 3. The number of para-hydroxylation sites is 1. The first-order chi connectivity index (χ1) is 9.85. The largest absolute Gasteiger partial charge is 0.274 e. The zero-order chi connectivity index (χ0) is 15.6. The lowest BCUT2D eigenvalue weighted by Gasteiger charge is -2.11. The number of nitrogens with one attached hydrogen (secondary N) is 1. The van der Waals surface area contributed by atoms with Crippen molar-refractivity contribution in [3.63, 3.8) is 0 Å². The Morgan fingerprint density at radius 2 is 1.76 bits per heavy atom. The minimum absolute atomic E-state index is 0.163. The standard InChI is InChI=1S/C13H7ClF2N2O2S/c14-9-6-8(7-17)4-5-12(9)21(19,20)18-13-10(15)2-1-3-11(13)16/h1-6,18H. The Balaban J connectivity index is 2.47. The van der Waals surface area contributed by atoms with Gasteiger partial charge < -0.3 is 0 Å². The van der Waals surface area contributed by atoms with E-state index in [2.05, 4.69) is 0 Å². The molecular weight excluding hydrogens is 322 g/mol. The first-order valence-electron chi connectivity index (χ1n) is 5.51. The molecule has 0 bridgehead atoms. The number of benzene rings is 2. The van der Waals surface area contributed by atoms with Crippen LogP contribution in [0.15, 0.2) is 41.3 Å². The molecule has 0 aliphatic carbocycles. The summed E-state index contributed by atoms with van der Waals surface area (Å²) < 4.78 is 53.0. The normalized spacial score (nSPS) is 11.0. The summed E-state index contributed by atoms with van der Waals surface area (Å²) in [7, 11) is -4.29. The van der Waals surface area contributed by atoms with Crippen molar-refractivity contribution < 1.29 is 17.2 Å². The molecule has 0 heterocycles. The Bertz CT molecular complexity index is 827. The molecular formula is C13H7ClF2N2O2S. The fourth-order valence-electron chi connectivity index (χ4n) is 1.57. The summed E-state index contributed by atoms with van der Waals surface area (Å²) in [6.07, 6.45) is 0. The summed E-state index contributed by atoms with van der Waals surface area (Å²) in [5, 5.41) is 8.47. The lowest BCUT2D eigenvalue weighted by molar-refractivity contribution is 0.583. The molecule has 4 nitrogen and oxygen atoms in total. The highest BCUT2D eigenvalue weighted by molar-refractivity contribution is 7.92. The summed E-state index contributed by atoms with van der Waals surface area (Å²) in [6, 6.07) is 8.21. The van der Waals surface area contributed by atoms with Gasteiger partial charge in [0.05, 0.1) is 16.7 Å². The predicted octanol–water partition coefficient (Wildman–Crippen LogP) is 3.29. The molecule has 8 heteroatoms. The van der Waals surface area contributed by atoms with Gasteiger partial charge in [-0.1, -0.05) is 17.7 Å².